The zero-order chi connectivity index (χ0) is 37.9. The number of aromatic hydroxyl groups is 1. The van der Waals surface area contributed by atoms with Gasteiger partial charge in [0.25, 0.3) is 5.91 Å². The highest BCUT2D eigenvalue weighted by Gasteiger charge is 2.42. The van der Waals surface area contributed by atoms with Gasteiger partial charge in [0.1, 0.15) is 24.1 Å². The van der Waals surface area contributed by atoms with Crippen molar-refractivity contribution in [1.82, 2.24) is 15.1 Å². The number of anilines is 2. The van der Waals surface area contributed by atoms with Crippen LogP contribution < -0.4 is 19.9 Å². The maximum Gasteiger partial charge on any atom is 0.255 e. The van der Waals surface area contributed by atoms with Gasteiger partial charge in [-0.15, -0.1) is 0 Å². The number of ether oxygens (including phenoxy) is 1. The Morgan fingerprint density at radius 1 is 0.768 bits per heavy atom. The fourth-order valence-electron chi connectivity index (χ4n) is 10.6. The number of hydrogen-bond donors (Lipinski definition) is 2. The van der Waals surface area contributed by atoms with Crippen molar-refractivity contribution in [3.05, 3.63) is 118 Å². The first-order valence-electron chi connectivity index (χ1n) is 20.5. The van der Waals surface area contributed by atoms with Gasteiger partial charge in [-0.25, -0.2) is 0 Å². The summed E-state index contributed by atoms with van der Waals surface area (Å²) >= 11 is 0. The van der Waals surface area contributed by atoms with Crippen LogP contribution in [-0.4, -0.2) is 90.6 Å². The first kappa shape index (κ1) is 35.1. The molecule has 0 saturated carbocycles. The van der Waals surface area contributed by atoms with Gasteiger partial charge in [-0.2, -0.15) is 0 Å². The third-order valence-corrected chi connectivity index (χ3v) is 13.5. The predicted octanol–water partition coefficient (Wildman–Crippen LogP) is 5.81. The maximum atomic E-state index is 13.4. The Morgan fingerprint density at radius 3 is 2.39 bits per heavy atom. The number of hydrogen-bond acceptors (Lipinski definition) is 8. The number of nitrogens with one attached hydrogen (secondary N) is 1. The van der Waals surface area contributed by atoms with Gasteiger partial charge in [0, 0.05) is 69.4 Å². The quantitative estimate of drug-likeness (QED) is 0.238. The number of imide groups is 1. The molecule has 0 bridgehead atoms. The molecule has 3 saturated heterocycles. The lowest BCUT2D eigenvalue weighted by Gasteiger charge is -2.47. The maximum absolute atomic E-state index is 13.4. The zero-order valence-corrected chi connectivity index (χ0v) is 31.7. The normalized spacial score (nSPS) is 25.2. The van der Waals surface area contributed by atoms with Crippen molar-refractivity contribution in [3.8, 4) is 11.5 Å². The molecular weight excluding hydrogens is 703 g/mol. The fourth-order valence-corrected chi connectivity index (χ4v) is 10.6. The molecule has 1 aliphatic carbocycles. The summed E-state index contributed by atoms with van der Waals surface area (Å²) in [7, 11) is 0. The fraction of sp³-hybridized carbons (Fsp3) is 0.413. The predicted molar refractivity (Wildman–Crippen MR) is 214 cm³/mol. The molecule has 6 aliphatic rings. The van der Waals surface area contributed by atoms with E-state index in [1.807, 2.05) is 18.2 Å². The molecule has 5 aliphatic heterocycles. The van der Waals surface area contributed by atoms with Gasteiger partial charge in [-0.3, -0.25) is 24.6 Å². The standard InChI is InChI=1S/C46H49N5O5/c52-36-11-13-38-32(22-36)8-12-37(30-4-2-1-3-5-30)44(38)31-6-9-34(10-7-31)49-18-16-29(17-19-49)25-48-20-21-50-35(27-48)28-56-42-24-39-33(23-41(42)50)26-51(46(39)55)40-14-15-43(53)47-45(40)54/h1-7,9-11,13,22-24,29,35,37,40,44,52H,8,12,14-21,25-28H2,(H,47,53,54)/t35-,37+,40?,44-/m0/s1. The van der Waals surface area contributed by atoms with Crippen LogP contribution in [0, 0.1) is 5.92 Å². The summed E-state index contributed by atoms with van der Waals surface area (Å²) in [5.41, 5.74) is 9.17. The summed E-state index contributed by atoms with van der Waals surface area (Å²) in [5, 5.41) is 12.6. The largest absolute Gasteiger partial charge is 0.508 e. The van der Waals surface area contributed by atoms with Crippen LogP contribution in [0.15, 0.2) is 84.9 Å². The molecule has 3 fully saturated rings. The Labute approximate surface area is 328 Å². The number of piperazine rings is 1. The molecule has 10 nitrogen and oxygen atoms in total. The molecule has 10 heteroatoms. The number of benzene rings is 4. The van der Waals surface area contributed by atoms with Crippen molar-refractivity contribution in [2.24, 2.45) is 5.92 Å². The molecule has 56 heavy (non-hydrogen) atoms. The van der Waals surface area contributed by atoms with Crippen LogP contribution in [0.2, 0.25) is 0 Å². The number of carbonyl (C=O) groups excluding carboxylic acids is 3. The molecule has 10 rings (SSSR count). The number of phenols is 1. The highest BCUT2D eigenvalue weighted by Crippen LogP contribution is 2.47. The molecule has 0 aromatic heterocycles. The van der Waals surface area contributed by atoms with Gasteiger partial charge in [0.2, 0.25) is 11.8 Å². The lowest BCUT2D eigenvalue weighted by Crippen LogP contribution is -2.58. The van der Waals surface area contributed by atoms with E-state index in [1.165, 1.54) is 40.8 Å². The lowest BCUT2D eigenvalue weighted by atomic mass is 9.69. The van der Waals surface area contributed by atoms with Crippen LogP contribution in [0.5, 0.6) is 11.5 Å². The number of amides is 3. The number of rotatable bonds is 6. The van der Waals surface area contributed by atoms with Gasteiger partial charge in [-0.05, 0) is 108 Å². The Balaban J connectivity index is 0.757. The average molecular weight is 752 g/mol. The molecule has 4 atom stereocenters. The van der Waals surface area contributed by atoms with Gasteiger partial charge in [0.05, 0.1) is 11.7 Å². The number of fused-ring (bicyclic) bond motifs is 5. The van der Waals surface area contributed by atoms with E-state index in [-0.39, 0.29) is 36.1 Å². The van der Waals surface area contributed by atoms with E-state index in [9.17, 15) is 19.5 Å². The van der Waals surface area contributed by atoms with Crippen LogP contribution in [0.3, 0.4) is 0 Å². The summed E-state index contributed by atoms with van der Waals surface area (Å²) in [4.78, 5) is 46.9. The first-order chi connectivity index (χ1) is 27.4. The minimum atomic E-state index is -0.620. The Morgan fingerprint density at radius 2 is 1.59 bits per heavy atom. The third kappa shape index (κ3) is 6.37. The van der Waals surface area contributed by atoms with E-state index >= 15 is 0 Å². The first-order valence-corrected chi connectivity index (χ1v) is 20.5. The highest BCUT2D eigenvalue weighted by atomic mass is 16.5. The van der Waals surface area contributed by atoms with Crippen LogP contribution >= 0.6 is 0 Å². The topological polar surface area (TPSA) is 106 Å². The van der Waals surface area contributed by atoms with Crippen molar-refractivity contribution in [1.29, 1.82) is 0 Å². The minimum Gasteiger partial charge on any atom is -0.508 e. The second kappa shape index (κ2) is 14.3. The van der Waals surface area contributed by atoms with Crippen molar-refractivity contribution >= 4 is 29.1 Å². The molecule has 0 spiro atoms. The summed E-state index contributed by atoms with van der Waals surface area (Å²) in [6.07, 6.45) is 4.99. The Hall–Kier alpha value is -5.35. The third-order valence-electron chi connectivity index (χ3n) is 13.5. The van der Waals surface area contributed by atoms with Crippen molar-refractivity contribution < 1.29 is 24.2 Å². The number of nitrogens with zero attached hydrogens (tertiary/aromatic N) is 4. The Kier molecular flexibility index (Phi) is 8.96. The van der Waals surface area contributed by atoms with Gasteiger partial charge >= 0.3 is 0 Å². The van der Waals surface area contributed by atoms with Crippen LogP contribution in [0.25, 0.3) is 0 Å². The molecule has 5 heterocycles. The van der Waals surface area contributed by atoms with Crippen LogP contribution in [0.1, 0.15) is 82.1 Å². The van der Waals surface area contributed by atoms with Crippen molar-refractivity contribution in [2.75, 3.05) is 55.7 Å². The smallest absolute Gasteiger partial charge is 0.255 e. The van der Waals surface area contributed by atoms with E-state index in [2.05, 4.69) is 86.7 Å². The lowest BCUT2D eigenvalue weighted by molar-refractivity contribution is -0.136. The van der Waals surface area contributed by atoms with Gasteiger partial charge in [0.15, 0.2) is 0 Å². The van der Waals surface area contributed by atoms with E-state index in [0.29, 0.717) is 42.7 Å². The number of aryl methyl sites for hydroxylation is 1. The Bertz CT molecular complexity index is 2170. The van der Waals surface area contributed by atoms with E-state index < -0.39 is 6.04 Å². The number of piperidine rings is 2. The molecule has 2 N–H and O–H groups in total. The summed E-state index contributed by atoms with van der Waals surface area (Å²) in [5.74, 6) is 1.57. The zero-order valence-electron chi connectivity index (χ0n) is 31.7. The molecule has 4 aromatic carbocycles. The molecule has 0 radical (unpaired) electrons. The molecule has 1 unspecified atom stereocenters. The number of phenolic OH excluding ortho intramolecular Hbond substituents is 1. The summed E-state index contributed by atoms with van der Waals surface area (Å²) in [6.45, 7) is 7.02. The molecular formula is C46H49N5O5. The van der Waals surface area contributed by atoms with Crippen molar-refractivity contribution in [2.45, 2.75) is 69.0 Å². The second-order valence-corrected chi connectivity index (χ2v) is 16.7. The van der Waals surface area contributed by atoms with E-state index in [1.54, 1.807) is 4.90 Å². The SMILES string of the molecule is O=C1CCC(N2Cc3cc4c(cc3C2=O)OC[C@@H]2CN(CC3CCN(c5ccc([C@@H]6c7ccc(O)cc7CC[C@@H]6c6ccccc6)cc5)CC3)CCN42)C(=O)N1. The van der Waals surface area contributed by atoms with Gasteiger partial charge < -0.3 is 24.5 Å². The van der Waals surface area contributed by atoms with Crippen LogP contribution in [0.4, 0.5) is 11.4 Å². The minimum absolute atomic E-state index is 0.166. The van der Waals surface area contributed by atoms with Gasteiger partial charge in [-0.1, -0.05) is 48.5 Å². The highest BCUT2D eigenvalue weighted by molar-refractivity contribution is 6.06. The summed E-state index contributed by atoms with van der Waals surface area (Å²) < 4.78 is 6.30. The van der Waals surface area contributed by atoms with E-state index in [4.69, 9.17) is 4.74 Å². The van der Waals surface area contributed by atoms with Crippen LogP contribution in [-0.2, 0) is 22.6 Å². The molecule has 3 amide bonds. The number of carbonyl (C=O) groups is 3. The van der Waals surface area contributed by atoms with Crippen molar-refractivity contribution in [3.63, 3.8) is 0 Å². The molecule has 4 aromatic rings. The monoisotopic (exact) mass is 751 g/mol. The summed E-state index contributed by atoms with van der Waals surface area (Å²) in [6, 6.07) is 29.8. The van der Waals surface area contributed by atoms with E-state index in [0.717, 1.165) is 69.1 Å². The molecule has 288 valence electrons. The second-order valence-electron chi connectivity index (χ2n) is 16.7. The average Bonchev–Trinajstić information content (AvgIpc) is 3.54.